The third kappa shape index (κ3) is 3.03. The Balaban J connectivity index is 1.93. The minimum atomic E-state index is -0.897. The molecule has 2 rings (SSSR count). The Labute approximate surface area is 108 Å². The molecule has 0 heterocycles. The number of carboxylic acids is 1. The molecule has 2 aliphatic carbocycles. The van der Waals surface area contributed by atoms with Crippen molar-refractivity contribution < 1.29 is 14.7 Å². The second kappa shape index (κ2) is 4.90. The van der Waals surface area contributed by atoms with Crippen LogP contribution in [-0.4, -0.2) is 23.0 Å². The standard InChI is InChI=1S/C14H23NO3/c1-14(2)7-3-4-10(14)12(16)15-11(13(17)18)8-9-5-6-9/h9-11H,3-8H2,1-2H3,(H,15,16)(H,17,18). The van der Waals surface area contributed by atoms with Gasteiger partial charge in [0.1, 0.15) is 6.04 Å². The van der Waals surface area contributed by atoms with E-state index in [-0.39, 0.29) is 17.2 Å². The zero-order chi connectivity index (χ0) is 13.3. The highest BCUT2D eigenvalue weighted by molar-refractivity contribution is 5.85. The van der Waals surface area contributed by atoms with Crippen LogP contribution in [0.5, 0.6) is 0 Å². The molecule has 0 aromatic carbocycles. The van der Waals surface area contributed by atoms with Gasteiger partial charge in [0, 0.05) is 5.92 Å². The molecule has 0 aromatic heterocycles. The van der Waals surface area contributed by atoms with Crippen molar-refractivity contribution in [2.24, 2.45) is 17.3 Å². The molecule has 2 N–H and O–H groups in total. The summed E-state index contributed by atoms with van der Waals surface area (Å²) in [6.45, 7) is 4.20. The van der Waals surface area contributed by atoms with Crippen molar-refractivity contribution in [1.29, 1.82) is 0 Å². The molecule has 4 heteroatoms. The summed E-state index contributed by atoms with van der Waals surface area (Å²) in [5, 5.41) is 11.9. The number of rotatable bonds is 5. The Hall–Kier alpha value is -1.06. The van der Waals surface area contributed by atoms with Crippen molar-refractivity contribution in [3.63, 3.8) is 0 Å². The summed E-state index contributed by atoms with van der Waals surface area (Å²) in [6, 6.07) is -0.693. The average molecular weight is 253 g/mol. The molecule has 0 radical (unpaired) electrons. The van der Waals surface area contributed by atoms with Gasteiger partial charge in [-0.3, -0.25) is 4.79 Å². The minimum Gasteiger partial charge on any atom is -0.480 e. The predicted molar refractivity (Wildman–Crippen MR) is 68.0 cm³/mol. The van der Waals surface area contributed by atoms with E-state index >= 15 is 0 Å². The molecule has 1 amide bonds. The van der Waals surface area contributed by atoms with Gasteiger partial charge in [0.25, 0.3) is 0 Å². The normalized spacial score (nSPS) is 27.8. The SMILES string of the molecule is CC1(C)CCCC1C(=O)NC(CC1CC1)C(=O)O. The van der Waals surface area contributed by atoms with Crippen molar-refractivity contribution in [3.05, 3.63) is 0 Å². The average Bonchev–Trinajstić information content (AvgIpc) is 3.00. The Morgan fingerprint density at radius 3 is 2.44 bits per heavy atom. The third-order valence-corrected chi connectivity index (χ3v) is 4.45. The Morgan fingerprint density at radius 2 is 2.00 bits per heavy atom. The molecule has 0 spiro atoms. The van der Waals surface area contributed by atoms with Crippen molar-refractivity contribution in [2.45, 2.75) is 58.4 Å². The van der Waals surface area contributed by atoms with E-state index in [4.69, 9.17) is 5.11 Å². The second-order valence-corrected chi connectivity index (χ2v) is 6.51. The quantitative estimate of drug-likeness (QED) is 0.789. The van der Waals surface area contributed by atoms with Gasteiger partial charge in [-0.15, -0.1) is 0 Å². The largest absolute Gasteiger partial charge is 0.480 e. The number of amides is 1. The van der Waals surface area contributed by atoms with E-state index < -0.39 is 12.0 Å². The molecule has 0 bridgehead atoms. The lowest BCUT2D eigenvalue weighted by molar-refractivity contribution is -0.143. The summed E-state index contributed by atoms with van der Waals surface area (Å²) in [4.78, 5) is 23.4. The fourth-order valence-corrected chi connectivity index (χ4v) is 2.99. The van der Waals surface area contributed by atoms with Crippen LogP contribution in [0.2, 0.25) is 0 Å². The molecule has 2 unspecified atom stereocenters. The van der Waals surface area contributed by atoms with Crippen molar-refractivity contribution in [3.8, 4) is 0 Å². The zero-order valence-electron chi connectivity index (χ0n) is 11.2. The molecule has 2 aliphatic rings. The van der Waals surface area contributed by atoms with Gasteiger partial charge in [0.15, 0.2) is 0 Å². The smallest absolute Gasteiger partial charge is 0.326 e. The number of carboxylic acid groups (broad SMARTS) is 1. The van der Waals surface area contributed by atoms with Crippen LogP contribution < -0.4 is 5.32 Å². The summed E-state index contributed by atoms with van der Waals surface area (Å²) in [5.74, 6) is -0.488. The first-order chi connectivity index (χ1) is 8.40. The van der Waals surface area contributed by atoms with E-state index in [1.807, 2.05) is 0 Å². The predicted octanol–water partition coefficient (Wildman–Crippen LogP) is 2.18. The number of carbonyl (C=O) groups excluding carboxylic acids is 1. The van der Waals surface area contributed by atoms with E-state index in [1.165, 1.54) is 0 Å². The second-order valence-electron chi connectivity index (χ2n) is 6.51. The molecule has 2 saturated carbocycles. The van der Waals surface area contributed by atoms with Crippen LogP contribution in [0.1, 0.15) is 52.4 Å². The van der Waals surface area contributed by atoms with E-state index in [1.54, 1.807) is 0 Å². The molecular formula is C14H23NO3. The van der Waals surface area contributed by atoms with Crippen molar-refractivity contribution in [1.82, 2.24) is 5.32 Å². The molecule has 18 heavy (non-hydrogen) atoms. The number of aliphatic carboxylic acids is 1. The molecule has 102 valence electrons. The third-order valence-electron chi connectivity index (χ3n) is 4.45. The lowest BCUT2D eigenvalue weighted by Crippen LogP contribution is -2.46. The van der Waals surface area contributed by atoms with Gasteiger partial charge < -0.3 is 10.4 Å². The maximum absolute atomic E-state index is 12.2. The Bertz CT molecular complexity index is 347. The molecule has 4 nitrogen and oxygen atoms in total. The molecular weight excluding hydrogens is 230 g/mol. The number of carbonyl (C=O) groups is 2. The molecule has 2 fully saturated rings. The molecule has 0 aromatic rings. The van der Waals surface area contributed by atoms with Crippen LogP contribution in [-0.2, 0) is 9.59 Å². The molecule has 0 aliphatic heterocycles. The van der Waals surface area contributed by atoms with Crippen LogP contribution in [0.15, 0.2) is 0 Å². The monoisotopic (exact) mass is 253 g/mol. The van der Waals surface area contributed by atoms with Crippen LogP contribution in [0.25, 0.3) is 0 Å². The maximum atomic E-state index is 12.2. The summed E-state index contributed by atoms with van der Waals surface area (Å²) >= 11 is 0. The van der Waals surface area contributed by atoms with Crippen molar-refractivity contribution in [2.75, 3.05) is 0 Å². The summed E-state index contributed by atoms with van der Waals surface area (Å²) in [5.41, 5.74) is 0.00666. The highest BCUT2D eigenvalue weighted by Crippen LogP contribution is 2.42. The van der Waals surface area contributed by atoms with Gasteiger partial charge in [-0.1, -0.05) is 33.1 Å². The van der Waals surface area contributed by atoms with Crippen molar-refractivity contribution >= 4 is 11.9 Å². The number of hydrogen-bond acceptors (Lipinski definition) is 2. The topological polar surface area (TPSA) is 66.4 Å². The van der Waals surface area contributed by atoms with Gasteiger partial charge in [0.05, 0.1) is 0 Å². The Kier molecular flexibility index (Phi) is 3.64. The zero-order valence-corrected chi connectivity index (χ0v) is 11.2. The first kappa shape index (κ1) is 13.4. The van der Waals surface area contributed by atoms with Crippen LogP contribution in [0.4, 0.5) is 0 Å². The summed E-state index contributed by atoms with van der Waals surface area (Å²) in [7, 11) is 0. The Morgan fingerprint density at radius 1 is 1.33 bits per heavy atom. The first-order valence-corrected chi connectivity index (χ1v) is 6.93. The fraction of sp³-hybridized carbons (Fsp3) is 0.857. The summed E-state index contributed by atoms with van der Waals surface area (Å²) < 4.78 is 0. The summed E-state index contributed by atoms with van der Waals surface area (Å²) in [6.07, 6.45) is 5.79. The number of hydrogen-bond donors (Lipinski definition) is 2. The first-order valence-electron chi connectivity index (χ1n) is 6.93. The van der Waals surface area contributed by atoms with Gasteiger partial charge >= 0.3 is 5.97 Å². The lowest BCUT2D eigenvalue weighted by atomic mass is 9.81. The highest BCUT2D eigenvalue weighted by Gasteiger charge is 2.41. The lowest BCUT2D eigenvalue weighted by Gasteiger charge is -2.27. The van der Waals surface area contributed by atoms with Gasteiger partial charge in [-0.05, 0) is 30.6 Å². The van der Waals surface area contributed by atoms with E-state index in [0.717, 1.165) is 32.1 Å². The maximum Gasteiger partial charge on any atom is 0.326 e. The highest BCUT2D eigenvalue weighted by atomic mass is 16.4. The van der Waals surface area contributed by atoms with E-state index in [0.29, 0.717) is 12.3 Å². The van der Waals surface area contributed by atoms with E-state index in [2.05, 4.69) is 19.2 Å². The molecule has 2 atom stereocenters. The van der Waals surface area contributed by atoms with Gasteiger partial charge in [0.2, 0.25) is 5.91 Å². The van der Waals surface area contributed by atoms with Crippen LogP contribution >= 0.6 is 0 Å². The fourth-order valence-electron chi connectivity index (χ4n) is 2.99. The van der Waals surface area contributed by atoms with Crippen LogP contribution in [0, 0.1) is 17.3 Å². The molecule has 0 saturated heterocycles. The van der Waals surface area contributed by atoms with E-state index in [9.17, 15) is 9.59 Å². The minimum absolute atomic E-state index is 0.00666. The van der Waals surface area contributed by atoms with Gasteiger partial charge in [-0.25, -0.2) is 4.79 Å². The number of nitrogens with one attached hydrogen (secondary N) is 1. The van der Waals surface area contributed by atoms with Crippen LogP contribution in [0.3, 0.4) is 0 Å². The van der Waals surface area contributed by atoms with Gasteiger partial charge in [-0.2, -0.15) is 0 Å².